The molecule has 0 aromatic heterocycles. The molecule has 0 radical (unpaired) electrons. The third kappa shape index (κ3) is 2.65. The fraction of sp³-hybridized carbons (Fsp3) is 0.294. The summed E-state index contributed by atoms with van der Waals surface area (Å²) in [5.74, 6) is 1.03. The predicted octanol–water partition coefficient (Wildman–Crippen LogP) is 2.25. The van der Waals surface area contributed by atoms with Crippen LogP contribution in [0.15, 0.2) is 41.3 Å². The van der Waals surface area contributed by atoms with Crippen LogP contribution in [-0.2, 0) is 16.4 Å². The summed E-state index contributed by atoms with van der Waals surface area (Å²) in [5, 5.41) is 0. The fourth-order valence-corrected chi connectivity index (χ4v) is 4.07. The Bertz CT molecular complexity index is 895. The van der Waals surface area contributed by atoms with Gasteiger partial charge in [-0.25, -0.2) is 8.42 Å². The van der Waals surface area contributed by atoms with Crippen LogP contribution in [0.3, 0.4) is 0 Å². The molecule has 4 rings (SSSR count). The number of ether oxygens (including phenoxy) is 2. The first-order valence-electron chi connectivity index (χ1n) is 7.79. The van der Waals surface area contributed by atoms with Gasteiger partial charge in [0.2, 0.25) is 0 Å². The number of rotatable bonds is 3. The van der Waals surface area contributed by atoms with Gasteiger partial charge in [-0.1, -0.05) is 6.07 Å². The van der Waals surface area contributed by atoms with Gasteiger partial charge in [0, 0.05) is 25.3 Å². The molecule has 0 spiro atoms. The number of anilines is 2. The smallest absolute Gasteiger partial charge is 0.262 e. The van der Waals surface area contributed by atoms with Crippen molar-refractivity contribution in [3.63, 3.8) is 0 Å². The van der Waals surface area contributed by atoms with Crippen LogP contribution in [0.25, 0.3) is 0 Å². The van der Waals surface area contributed by atoms with Crippen LogP contribution in [0.1, 0.15) is 5.56 Å². The lowest BCUT2D eigenvalue weighted by molar-refractivity contribution is 0.171. The molecule has 24 heavy (non-hydrogen) atoms. The first-order chi connectivity index (χ1) is 11.5. The molecule has 1 N–H and O–H groups in total. The van der Waals surface area contributed by atoms with Gasteiger partial charge in [0.05, 0.1) is 10.6 Å². The Kier molecular flexibility index (Phi) is 3.53. The van der Waals surface area contributed by atoms with Gasteiger partial charge < -0.3 is 14.4 Å². The first-order valence-corrected chi connectivity index (χ1v) is 9.28. The summed E-state index contributed by atoms with van der Waals surface area (Å²) < 4.78 is 38.8. The molecule has 7 heteroatoms. The molecule has 0 amide bonds. The summed E-state index contributed by atoms with van der Waals surface area (Å²) in [5.41, 5.74) is 2.86. The van der Waals surface area contributed by atoms with Gasteiger partial charge >= 0.3 is 0 Å². The number of fused-ring (bicyclic) bond motifs is 2. The number of nitrogens with one attached hydrogen (secondary N) is 1. The van der Waals surface area contributed by atoms with Gasteiger partial charge in [-0.3, -0.25) is 4.72 Å². The van der Waals surface area contributed by atoms with Crippen LogP contribution in [0.2, 0.25) is 0 Å². The lowest BCUT2D eigenvalue weighted by Crippen LogP contribution is -2.17. The highest BCUT2D eigenvalue weighted by Gasteiger charge is 2.21. The number of nitrogens with zero attached hydrogens (tertiary/aromatic N) is 1. The second-order valence-electron chi connectivity index (χ2n) is 5.93. The minimum Gasteiger partial charge on any atom is -0.486 e. The summed E-state index contributed by atoms with van der Waals surface area (Å²) in [6, 6.07) is 10.3. The summed E-state index contributed by atoms with van der Waals surface area (Å²) in [6.07, 6.45) is 0.987. The highest BCUT2D eigenvalue weighted by Crippen LogP contribution is 2.34. The lowest BCUT2D eigenvalue weighted by atomic mass is 10.1. The van der Waals surface area contributed by atoms with E-state index in [0.29, 0.717) is 30.4 Å². The zero-order chi connectivity index (χ0) is 16.7. The van der Waals surface area contributed by atoms with E-state index < -0.39 is 10.0 Å². The van der Waals surface area contributed by atoms with Crippen molar-refractivity contribution < 1.29 is 17.9 Å². The fourth-order valence-electron chi connectivity index (χ4n) is 3.01. The highest BCUT2D eigenvalue weighted by molar-refractivity contribution is 7.92. The monoisotopic (exact) mass is 346 g/mol. The van der Waals surface area contributed by atoms with Crippen LogP contribution < -0.4 is 19.1 Å². The standard InChI is InChI=1S/C17H18N2O4S/c1-19-7-6-12-2-3-13(10-15(12)19)18-24(20,21)14-4-5-16-17(11-14)23-9-8-22-16/h2-5,10-11,18H,6-9H2,1H3. The molecule has 2 aromatic carbocycles. The number of hydrogen-bond acceptors (Lipinski definition) is 5. The lowest BCUT2D eigenvalue weighted by Gasteiger charge is -2.19. The van der Waals surface area contributed by atoms with E-state index in [0.717, 1.165) is 18.7 Å². The minimum absolute atomic E-state index is 0.153. The number of hydrogen-bond donors (Lipinski definition) is 1. The summed E-state index contributed by atoms with van der Waals surface area (Å²) in [6.45, 7) is 1.84. The SMILES string of the molecule is CN1CCc2ccc(NS(=O)(=O)c3ccc4c(c3)OCCO4)cc21. The Labute approximate surface area is 141 Å². The maximum atomic E-state index is 12.6. The van der Waals surface area contributed by atoms with Gasteiger partial charge in [0.25, 0.3) is 10.0 Å². The maximum absolute atomic E-state index is 12.6. The third-order valence-electron chi connectivity index (χ3n) is 4.29. The Balaban J connectivity index is 1.63. The van der Waals surface area contributed by atoms with E-state index in [9.17, 15) is 8.42 Å². The van der Waals surface area contributed by atoms with E-state index >= 15 is 0 Å². The van der Waals surface area contributed by atoms with Crippen molar-refractivity contribution in [2.24, 2.45) is 0 Å². The van der Waals surface area contributed by atoms with E-state index in [1.54, 1.807) is 12.1 Å². The summed E-state index contributed by atoms with van der Waals surface area (Å²) in [4.78, 5) is 2.28. The molecule has 2 heterocycles. The predicted molar refractivity (Wildman–Crippen MR) is 91.7 cm³/mol. The second kappa shape index (κ2) is 5.59. The van der Waals surface area contributed by atoms with Crippen LogP contribution in [0, 0.1) is 0 Å². The van der Waals surface area contributed by atoms with Crippen molar-refractivity contribution in [3.05, 3.63) is 42.0 Å². The van der Waals surface area contributed by atoms with Crippen LogP contribution >= 0.6 is 0 Å². The Hall–Kier alpha value is -2.41. The molecule has 2 aliphatic rings. The molecular weight excluding hydrogens is 328 g/mol. The van der Waals surface area contributed by atoms with E-state index in [1.165, 1.54) is 17.7 Å². The zero-order valence-corrected chi connectivity index (χ0v) is 14.1. The van der Waals surface area contributed by atoms with Crippen molar-refractivity contribution in [3.8, 4) is 11.5 Å². The average Bonchev–Trinajstić information content (AvgIpc) is 2.95. The normalized spacial score (nSPS) is 16.0. The molecule has 0 fully saturated rings. The van der Waals surface area contributed by atoms with Crippen molar-refractivity contribution in [2.75, 3.05) is 36.4 Å². The van der Waals surface area contributed by atoms with Crippen molar-refractivity contribution in [1.29, 1.82) is 0 Å². The quantitative estimate of drug-likeness (QED) is 0.923. The van der Waals surface area contributed by atoms with Gasteiger partial charge in [0.1, 0.15) is 13.2 Å². The van der Waals surface area contributed by atoms with Gasteiger partial charge in [0.15, 0.2) is 11.5 Å². The van der Waals surface area contributed by atoms with E-state index in [-0.39, 0.29) is 4.90 Å². The van der Waals surface area contributed by atoms with E-state index in [2.05, 4.69) is 9.62 Å². The van der Waals surface area contributed by atoms with Gasteiger partial charge in [-0.2, -0.15) is 0 Å². The Morgan fingerprint density at radius 2 is 1.83 bits per heavy atom. The topological polar surface area (TPSA) is 67.9 Å². The molecule has 0 aliphatic carbocycles. The third-order valence-corrected chi connectivity index (χ3v) is 5.67. The maximum Gasteiger partial charge on any atom is 0.262 e. The molecule has 6 nitrogen and oxygen atoms in total. The second-order valence-corrected chi connectivity index (χ2v) is 7.61. The van der Waals surface area contributed by atoms with Crippen molar-refractivity contribution in [1.82, 2.24) is 0 Å². The number of likely N-dealkylation sites (N-methyl/N-ethyl adjacent to an activating group) is 1. The zero-order valence-electron chi connectivity index (χ0n) is 13.3. The first kappa shape index (κ1) is 15.1. The molecule has 0 bridgehead atoms. The van der Waals surface area contributed by atoms with Crippen molar-refractivity contribution >= 4 is 21.4 Å². The number of benzene rings is 2. The Morgan fingerprint density at radius 1 is 1.04 bits per heavy atom. The summed E-state index contributed by atoms with van der Waals surface area (Å²) in [7, 11) is -1.68. The van der Waals surface area contributed by atoms with Crippen LogP contribution in [-0.4, -0.2) is 35.2 Å². The summed E-state index contributed by atoms with van der Waals surface area (Å²) >= 11 is 0. The molecule has 2 aliphatic heterocycles. The van der Waals surface area contributed by atoms with Crippen LogP contribution in [0.5, 0.6) is 11.5 Å². The molecule has 2 aromatic rings. The van der Waals surface area contributed by atoms with Crippen molar-refractivity contribution in [2.45, 2.75) is 11.3 Å². The molecule has 0 unspecified atom stereocenters. The average molecular weight is 346 g/mol. The Morgan fingerprint density at radius 3 is 2.67 bits per heavy atom. The van der Waals surface area contributed by atoms with E-state index in [1.807, 2.05) is 19.2 Å². The van der Waals surface area contributed by atoms with Gasteiger partial charge in [-0.15, -0.1) is 0 Å². The largest absolute Gasteiger partial charge is 0.486 e. The number of sulfonamides is 1. The molecular formula is C17H18N2O4S. The molecule has 0 atom stereocenters. The van der Waals surface area contributed by atoms with Gasteiger partial charge in [-0.05, 0) is 36.2 Å². The van der Waals surface area contributed by atoms with E-state index in [4.69, 9.17) is 9.47 Å². The minimum atomic E-state index is -3.69. The molecule has 0 saturated heterocycles. The highest BCUT2D eigenvalue weighted by atomic mass is 32.2. The molecule has 126 valence electrons. The molecule has 0 saturated carbocycles. The van der Waals surface area contributed by atoms with Crippen LogP contribution in [0.4, 0.5) is 11.4 Å².